The molecule has 0 bridgehead atoms. The van der Waals surface area contributed by atoms with Crippen molar-refractivity contribution in [3.8, 4) is 0 Å². The van der Waals surface area contributed by atoms with E-state index in [0.29, 0.717) is 6.61 Å². The van der Waals surface area contributed by atoms with Crippen molar-refractivity contribution >= 4 is 7.82 Å². The molecular weight excluding hydrogens is 398 g/mol. The van der Waals surface area contributed by atoms with E-state index in [4.69, 9.17) is 14.5 Å². The molecule has 0 aliphatic rings. The van der Waals surface area contributed by atoms with Gasteiger partial charge in [0.1, 0.15) is 6.10 Å². The fraction of sp³-hybridized carbons (Fsp3) is 1.00. The summed E-state index contributed by atoms with van der Waals surface area (Å²) in [5, 5.41) is 29.0. The van der Waals surface area contributed by atoms with E-state index in [1.54, 1.807) is 0 Å². The molecule has 166 valence electrons. The second kappa shape index (κ2) is 19.9. The molecule has 0 spiro atoms. The van der Waals surface area contributed by atoms with E-state index in [0.717, 1.165) is 12.8 Å². The molecule has 28 heavy (non-hydrogen) atoms. The molecule has 0 fully saturated rings. The van der Waals surface area contributed by atoms with E-state index in [9.17, 15) is 19.9 Å². The van der Waals surface area contributed by atoms with Crippen molar-refractivity contribution in [2.24, 2.45) is 0 Å². The van der Waals surface area contributed by atoms with E-state index in [1.165, 1.54) is 51.4 Å². The zero-order valence-electron chi connectivity index (χ0n) is 18.5. The van der Waals surface area contributed by atoms with Gasteiger partial charge in [0.15, 0.2) is 0 Å². The van der Waals surface area contributed by atoms with Crippen LogP contribution in [0.5, 0.6) is 0 Å². The average Bonchev–Trinajstić information content (AvgIpc) is 2.59. The Balaban J connectivity index is -0.00000338. The van der Waals surface area contributed by atoms with Gasteiger partial charge in [-0.15, -0.1) is 0 Å². The summed E-state index contributed by atoms with van der Waals surface area (Å²) in [7, 11) is -4.69. The van der Waals surface area contributed by atoms with Crippen LogP contribution in [0.15, 0.2) is 0 Å². The first-order valence-electron chi connectivity index (χ1n) is 10.1. The van der Waals surface area contributed by atoms with Gasteiger partial charge >= 0.3 is 37.4 Å². The second-order valence-corrected chi connectivity index (χ2v) is 8.31. The van der Waals surface area contributed by atoms with Crippen LogP contribution in [-0.4, -0.2) is 63.2 Å². The van der Waals surface area contributed by atoms with Crippen LogP contribution < -0.4 is 29.6 Å². The monoisotopic (exact) mass is 438 g/mol. The third-order valence-electron chi connectivity index (χ3n) is 4.32. The van der Waals surface area contributed by atoms with Gasteiger partial charge in [-0.3, -0.25) is 4.52 Å². The number of hydrogen-bond acceptors (Lipinski definition) is 6. The van der Waals surface area contributed by atoms with Gasteiger partial charge in [-0.2, -0.15) is 0 Å². The van der Waals surface area contributed by atoms with Crippen LogP contribution in [0.3, 0.4) is 0 Å². The largest absolute Gasteiger partial charge is 1.00 e. The zero-order valence-corrected chi connectivity index (χ0v) is 20.4. The number of phosphoric acid groups is 1. The van der Waals surface area contributed by atoms with Crippen molar-refractivity contribution in [1.29, 1.82) is 0 Å². The number of ether oxygens (including phenoxy) is 1. The molecule has 8 nitrogen and oxygen atoms in total. The Hall–Kier alpha value is 0.950. The third-order valence-corrected chi connectivity index (χ3v) is 4.81. The predicted molar refractivity (Wildman–Crippen MR) is 104 cm³/mol. The molecule has 0 saturated heterocycles. The Morgan fingerprint density at radius 1 is 0.821 bits per heavy atom. The Kier molecular flexibility index (Phi) is 22.1. The fourth-order valence-corrected chi connectivity index (χ4v) is 3.05. The first kappa shape index (κ1) is 31.1. The minimum absolute atomic E-state index is 0. The van der Waals surface area contributed by atoms with E-state index in [2.05, 4.69) is 11.4 Å². The number of rotatable bonds is 19. The quantitative estimate of drug-likeness (QED) is 0.105. The van der Waals surface area contributed by atoms with Gasteiger partial charge in [0, 0.05) is 13.0 Å². The molecule has 0 aromatic rings. The SMILES string of the molecule is CCCCCCCCCCCCOCC(O)CC(O)C(O)COP(=O)(O)O.[H-].[Na+]. The summed E-state index contributed by atoms with van der Waals surface area (Å²) < 4.78 is 20.0. The molecule has 0 aromatic carbocycles. The summed E-state index contributed by atoms with van der Waals surface area (Å²) in [6.45, 7) is 2.09. The first-order chi connectivity index (χ1) is 12.8. The van der Waals surface area contributed by atoms with Gasteiger partial charge in [-0.05, 0) is 6.42 Å². The van der Waals surface area contributed by atoms with Crippen molar-refractivity contribution < 1.29 is 69.9 Å². The molecule has 0 saturated carbocycles. The maximum Gasteiger partial charge on any atom is 1.00 e. The fourth-order valence-electron chi connectivity index (χ4n) is 2.70. The number of hydrogen-bond donors (Lipinski definition) is 5. The zero-order chi connectivity index (χ0) is 20.5. The Labute approximate surface area is 193 Å². The van der Waals surface area contributed by atoms with Crippen molar-refractivity contribution in [1.82, 2.24) is 0 Å². The molecule has 0 aliphatic heterocycles. The standard InChI is InChI=1S/C18H39O8P.Na.H/c1-2-3-4-5-6-7-8-9-10-11-12-25-14-16(19)13-17(20)18(21)15-26-27(22,23)24;;/h16-21H,2-15H2,1H3,(H2,22,23,24);;/q;+1;-1. The summed E-state index contributed by atoms with van der Waals surface area (Å²) >= 11 is 0. The first-order valence-corrected chi connectivity index (χ1v) is 11.6. The second-order valence-electron chi connectivity index (χ2n) is 7.07. The van der Waals surface area contributed by atoms with Crippen LogP contribution in [-0.2, 0) is 13.8 Å². The topological polar surface area (TPSA) is 137 Å². The number of phosphoric ester groups is 1. The molecule has 0 heterocycles. The van der Waals surface area contributed by atoms with Crippen molar-refractivity contribution in [3.05, 3.63) is 0 Å². The maximum atomic E-state index is 10.5. The van der Waals surface area contributed by atoms with Crippen LogP contribution in [0, 0.1) is 0 Å². The van der Waals surface area contributed by atoms with Gasteiger partial charge in [-0.1, -0.05) is 64.7 Å². The van der Waals surface area contributed by atoms with Gasteiger partial charge in [0.25, 0.3) is 0 Å². The third kappa shape index (κ3) is 21.7. The Morgan fingerprint density at radius 3 is 1.82 bits per heavy atom. The summed E-state index contributed by atoms with van der Waals surface area (Å²) in [5.74, 6) is 0. The molecular formula is C18H40NaO8P. The molecule has 0 amide bonds. The minimum Gasteiger partial charge on any atom is -1.00 e. The Bertz CT molecular complexity index is 389. The molecule has 10 heteroatoms. The van der Waals surface area contributed by atoms with Crippen molar-refractivity contribution in [3.63, 3.8) is 0 Å². The summed E-state index contributed by atoms with van der Waals surface area (Å²) in [5.41, 5.74) is 0. The van der Waals surface area contributed by atoms with Crippen LogP contribution in [0.4, 0.5) is 0 Å². The molecule has 0 rings (SSSR count). The van der Waals surface area contributed by atoms with Crippen molar-refractivity contribution in [2.45, 2.75) is 95.9 Å². The van der Waals surface area contributed by atoms with E-state index >= 15 is 0 Å². The van der Waals surface area contributed by atoms with Crippen molar-refractivity contribution in [2.75, 3.05) is 19.8 Å². The summed E-state index contributed by atoms with van der Waals surface area (Å²) in [6, 6.07) is 0. The normalized spacial score (nSPS) is 15.1. The molecule has 3 atom stereocenters. The van der Waals surface area contributed by atoms with Crippen LogP contribution in [0.2, 0.25) is 0 Å². The summed E-state index contributed by atoms with van der Waals surface area (Å²) in [4.78, 5) is 17.1. The summed E-state index contributed by atoms with van der Waals surface area (Å²) in [6.07, 6.45) is 8.36. The van der Waals surface area contributed by atoms with Crippen LogP contribution >= 0.6 is 7.82 Å². The van der Waals surface area contributed by atoms with Gasteiger partial charge in [-0.25, -0.2) is 4.57 Å². The molecule has 3 unspecified atom stereocenters. The van der Waals surface area contributed by atoms with Crippen LogP contribution in [0.25, 0.3) is 0 Å². The van der Waals surface area contributed by atoms with E-state index in [1.807, 2.05) is 0 Å². The smallest absolute Gasteiger partial charge is 1.00 e. The predicted octanol–water partition coefficient (Wildman–Crippen LogP) is -0.377. The number of aliphatic hydroxyl groups excluding tert-OH is 3. The van der Waals surface area contributed by atoms with Gasteiger partial charge < -0.3 is 31.3 Å². The Morgan fingerprint density at radius 2 is 1.32 bits per heavy atom. The average molecular weight is 438 g/mol. The van der Waals surface area contributed by atoms with Gasteiger partial charge in [0.05, 0.1) is 25.4 Å². The van der Waals surface area contributed by atoms with Gasteiger partial charge in [0.2, 0.25) is 0 Å². The number of unbranched alkanes of at least 4 members (excludes halogenated alkanes) is 9. The minimum atomic E-state index is -4.69. The molecule has 0 radical (unpaired) electrons. The maximum absolute atomic E-state index is 10.5. The van der Waals surface area contributed by atoms with E-state index < -0.39 is 32.7 Å². The number of aliphatic hydroxyl groups is 3. The molecule has 0 aromatic heterocycles. The molecule has 0 aliphatic carbocycles. The van der Waals surface area contributed by atoms with Crippen LogP contribution in [0.1, 0.15) is 79.0 Å². The van der Waals surface area contributed by atoms with E-state index in [-0.39, 0.29) is 44.0 Å². The molecule has 5 N–H and O–H groups in total.